The molecule has 0 fully saturated rings. The van der Waals surface area contributed by atoms with Crippen molar-refractivity contribution in [2.24, 2.45) is 0 Å². The molecule has 1 unspecified atom stereocenters. The zero-order chi connectivity index (χ0) is 15.2. The number of nitrogens with one attached hydrogen (secondary N) is 2. The van der Waals surface area contributed by atoms with E-state index in [1.54, 1.807) is 12.5 Å². The summed E-state index contributed by atoms with van der Waals surface area (Å²) < 4.78 is 3.09. The molecule has 21 heavy (non-hydrogen) atoms. The van der Waals surface area contributed by atoms with Crippen LogP contribution in [0.2, 0.25) is 0 Å². The van der Waals surface area contributed by atoms with E-state index in [4.69, 9.17) is 5.11 Å². The molecule has 2 aromatic heterocycles. The van der Waals surface area contributed by atoms with Gasteiger partial charge in [0.2, 0.25) is 0 Å². The number of anilines is 1. The van der Waals surface area contributed by atoms with Gasteiger partial charge in [-0.2, -0.15) is 5.10 Å². The minimum atomic E-state index is -0.997. The van der Waals surface area contributed by atoms with Gasteiger partial charge in [-0.15, -0.1) is 0 Å². The normalized spacial score (nSPS) is 11.9. The van der Waals surface area contributed by atoms with Gasteiger partial charge >= 0.3 is 12.0 Å². The zero-order valence-corrected chi connectivity index (χ0v) is 11.4. The third-order valence-corrected chi connectivity index (χ3v) is 2.61. The van der Waals surface area contributed by atoms with E-state index in [0.29, 0.717) is 12.2 Å². The monoisotopic (exact) mass is 292 g/mol. The number of hydrogen-bond acceptors (Lipinski definition) is 4. The van der Waals surface area contributed by atoms with Crippen LogP contribution in [0.15, 0.2) is 31.1 Å². The molecule has 0 saturated heterocycles. The minimum Gasteiger partial charge on any atom is -0.480 e. The lowest BCUT2D eigenvalue weighted by Gasteiger charge is -2.14. The molecule has 0 aliphatic rings. The largest absolute Gasteiger partial charge is 0.480 e. The predicted octanol–water partition coefficient (Wildman–Crippen LogP) is 0.374. The van der Waals surface area contributed by atoms with Crippen molar-refractivity contribution < 1.29 is 14.7 Å². The van der Waals surface area contributed by atoms with Crippen LogP contribution in [0.25, 0.3) is 0 Å². The average molecular weight is 292 g/mol. The van der Waals surface area contributed by atoms with Gasteiger partial charge in [0.15, 0.2) is 0 Å². The second-order valence-corrected chi connectivity index (χ2v) is 4.58. The number of amides is 2. The fourth-order valence-electron chi connectivity index (χ4n) is 1.80. The summed E-state index contributed by atoms with van der Waals surface area (Å²) in [4.78, 5) is 26.2. The summed E-state index contributed by atoms with van der Waals surface area (Å²) in [7, 11) is 0. The van der Waals surface area contributed by atoms with E-state index in [9.17, 15) is 9.59 Å². The van der Waals surface area contributed by atoms with Crippen LogP contribution in [-0.4, -0.2) is 42.5 Å². The Balaban J connectivity index is 1.81. The Morgan fingerprint density at radius 3 is 2.95 bits per heavy atom. The van der Waals surface area contributed by atoms with Crippen molar-refractivity contribution in [3.63, 3.8) is 0 Å². The van der Waals surface area contributed by atoms with Crippen LogP contribution < -0.4 is 10.6 Å². The smallest absolute Gasteiger partial charge is 0.325 e. The van der Waals surface area contributed by atoms with Gasteiger partial charge in [-0.3, -0.25) is 9.48 Å². The quantitative estimate of drug-likeness (QED) is 0.712. The highest BCUT2D eigenvalue weighted by Gasteiger charge is 2.09. The summed E-state index contributed by atoms with van der Waals surface area (Å²) in [6.07, 6.45) is 8.00. The van der Waals surface area contributed by atoms with Crippen molar-refractivity contribution in [3.8, 4) is 0 Å². The molecule has 0 spiro atoms. The molecule has 0 saturated carbocycles. The number of nitrogens with zero attached hydrogens (tertiary/aromatic N) is 4. The van der Waals surface area contributed by atoms with Crippen LogP contribution >= 0.6 is 0 Å². The Bertz CT molecular complexity index is 606. The van der Waals surface area contributed by atoms with Crippen molar-refractivity contribution >= 4 is 17.7 Å². The minimum absolute atomic E-state index is 0.0896. The highest BCUT2D eigenvalue weighted by Crippen LogP contribution is 2.04. The SMILES string of the molecule is CC(Cn1ccnc1)NC(=O)Nc1cnn(CC(=O)O)c1. The molecule has 2 rings (SSSR count). The predicted molar refractivity (Wildman–Crippen MR) is 73.7 cm³/mol. The Morgan fingerprint density at radius 2 is 2.29 bits per heavy atom. The highest BCUT2D eigenvalue weighted by molar-refractivity contribution is 5.89. The summed E-state index contributed by atoms with van der Waals surface area (Å²) in [5.74, 6) is -0.997. The first-order chi connectivity index (χ1) is 10.0. The van der Waals surface area contributed by atoms with Gasteiger partial charge in [0.25, 0.3) is 0 Å². The first-order valence-electron chi connectivity index (χ1n) is 6.30. The van der Waals surface area contributed by atoms with Crippen molar-refractivity contribution in [2.75, 3.05) is 5.32 Å². The Hall–Kier alpha value is -2.84. The van der Waals surface area contributed by atoms with Gasteiger partial charge in [0, 0.05) is 31.2 Å². The van der Waals surface area contributed by atoms with E-state index in [1.807, 2.05) is 17.7 Å². The molecule has 1 atom stereocenters. The maximum atomic E-state index is 11.8. The number of aliphatic carboxylic acids is 1. The summed E-state index contributed by atoms with van der Waals surface area (Å²) in [6, 6.07) is -0.467. The number of carbonyl (C=O) groups excluding carboxylic acids is 1. The van der Waals surface area contributed by atoms with E-state index < -0.39 is 5.97 Å². The lowest BCUT2D eigenvalue weighted by atomic mass is 10.3. The maximum Gasteiger partial charge on any atom is 0.325 e. The van der Waals surface area contributed by atoms with Crippen molar-refractivity contribution in [2.45, 2.75) is 26.1 Å². The molecular weight excluding hydrogens is 276 g/mol. The first kappa shape index (κ1) is 14.6. The van der Waals surface area contributed by atoms with E-state index in [-0.39, 0.29) is 18.6 Å². The zero-order valence-electron chi connectivity index (χ0n) is 11.4. The van der Waals surface area contributed by atoms with Crippen molar-refractivity contribution in [1.82, 2.24) is 24.6 Å². The molecule has 0 aliphatic heterocycles. The molecule has 0 aromatic carbocycles. The number of rotatable bonds is 6. The van der Waals surface area contributed by atoms with Gasteiger partial charge in [0.05, 0.1) is 18.2 Å². The lowest BCUT2D eigenvalue weighted by Crippen LogP contribution is -2.38. The second kappa shape index (κ2) is 6.55. The molecule has 9 heteroatoms. The van der Waals surface area contributed by atoms with Gasteiger partial charge in [-0.1, -0.05) is 0 Å². The molecule has 2 amide bonds. The highest BCUT2D eigenvalue weighted by atomic mass is 16.4. The van der Waals surface area contributed by atoms with E-state index in [1.165, 1.54) is 17.1 Å². The number of carbonyl (C=O) groups is 2. The van der Waals surface area contributed by atoms with Crippen molar-refractivity contribution in [1.29, 1.82) is 0 Å². The molecule has 0 bridgehead atoms. The van der Waals surface area contributed by atoms with Crippen molar-refractivity contribution in [3.05, 3.63) is 31.1 Å². The molecule has 2 aromatic rings. The van der Waals surface area contributed by atoms with Gasteiger partial charge < -0.3 is 20.3 Å². The van der Waals surface area contributed by atoms with Gasteiger partial charge in [0.1, 0.15) is 6.54 Å². The van der Waals surface area contributed by atoms with Gasteiger partial charge in [-0.25, -0.2) is 9.78 Å². The number of carboxylic acid groups (broad SMARTS) is 1. The second-order valence-electron chi connectivity index (χ2n) is 4.58. The Kier molecular flexibility index (Phi) is 4.54. The molecule has 0 radical (unpaired) electrons. The number of urea groups is 1. The van der Waals surface area contributed by atoms with Crippen LogP contribution in [0.1, 0.15) is 6.92 Å². The molecule has 2 heterocycles. The Morgan fingerprint density at radius 1 is 1.48 bits per heavy atom. The molecule has 9 nitrogen and oxygen atoms in total. The number of hydrogen-bond donors (Lipinski definition) is 3. The van der Waals surface area contributed by atoms with Crippen LogP contribution in [0.3, 0.4) is 0 Å². The third kappa shape index (κ3) is 4.64. The topological polar surface area (TPSA) is 114 Å². The standard InChI is InChI=1S/C12H16N6O3/c1-9(5-17-3-2-13-8-17)15-12(21)16-10-4-14-18(6-10)7-11(19)20/h2-4,6,8-9H,5,7H2,1H3,(H,19,20)(H2,15,16,21). The first-order valence-corrected chi connectivity index (χ1v) is 6.30. The number of imidazole rings is 1. The number of carboxylic acids is 1. The summed E-state index contributed by atoms with van der Waals surface area (Å²) in [5.41, 5.74) is 0.434. The molecule has 0 aliphatic carbocycles. The summed E-state index contributed by atoms with van der Waals surface area (Å²) in [6.45, 7) is 2.22. The van der Waals surface area contributed by atoms with E-state index >= 15 is 0 Å². The van der Waals surface area contributed by atoms with E-state index in [2.05, 4.69) is 20.7 Å². The van der Waals surface area contributed by atoms with Crippen LogP contribution in [0.4, 0.5) is 10.5 Å². The maximum absolute atomic E-state index is 11.8. The molecule has 3 N–H and O–H groups in total. The third-order valence-electron chi connectivity index (χ3n) is 2.61. The van der Waals surface area contributed by atoms with E-state index in [0.717, 1.165) is 0 Å². The van der Waals surface area contributed by atoms with Gasteiger partial charge in [-0.05, 0) is 6.92 Å². The summed E-state index contributed by atoms with van der Waals surface area (Å²) in [5, 5.41) is 17.8. The average Bonchev–Trinajstić information content (AvgIpc) is 3.00. The van der Waals surface area contributed by atoms with Crippen LogP contribution in [0.5, 0.6) is 0 Å². The van der Waals surface area contributed by atoms with Crippen LogP contribution in [0, 0.1) is 0 Å². The fourth-order valence-corrected chi connectivity index (χ4v) is 1.80. The van der Waals surface area contributed by atoms with Crippen LogP contribution in [-0.2, 0) is 17.9 Å². The summed E-state index contributed by atoms with van der Waals surface area (Å²) >= 11 is 0. The lowest BCUT2D eigenvalue weighted by molar-refractivity contribution is -0.137. The number of aromatic nitrogens is 4. The molecular formula is C12H16N6O3. The molecule has 112 valence electrons. The fraction of sp³-hybridized carbons (Fsp3) is 0.333. The Labute approximate surface area is 120 Å².